The minimum atomic E-state index is -1.38. The zero-order valence-corrected chi connectivity index (χ0v) is 21.4. The normalized spacial score (nSPS) is 39.4. The number of amides is 1. The van der Waals surface area contributed by atoms with Crippen LogP contribution in [0.15, 0.2) is 69.5 Å². The fourth-order valence-corrected chi connectivity index (χ4v) is 6.46. The first kappa shape index (κ1) is 25.3. The number of aromatic amines is 1. The Labute approximate surface area is 220 Å². The lowest BCUT2D eigenvalue weighted by atomic mass is 10.1. The van der Waals surface area contributed by atoms with E-state index in [4.69, 9.17) is 4.74 Å². The van der Waals surface area contributed by atoms with E-state index < -0.39 is 35.8 Å². The molecule has 3 saturated carbocycles. The Morgan fingerprint density at radius 1 is 1.13 bits per heavy atom. The van der Waals surface area contributed by atoms with E-state index in [-0.39, 0.29) is 12.5 Å². The van der Waals surface area contributed by atoms with E-state index in [1.807, 2.05) is 13.0 Å². The van der Waals surface area contributed by atoms with Gasteiger partial charge in [0.2, 0.25) is 5.91 Å². The number of aromatic nitrogens is 2. The van der Waals surface area contributed by atoms with Crippen LogP contribution in [0.2, 0.25) is 0 Å². The summed E-state index contributed by atoms with van der Waals surface area (Å²) in [5.74, 6) is 4.74. The van der Waals surface area contributed by atoms with Crippen LogP contribution in [0, 0.1) is 35.5 Å². The summed E-state index contributed by atoms with van der Waals surface area (Å²) in [5.41, 5.74) is 1.45. The van der Waals surface area contributed by atoms with E-state index in [1.165, 1.54) is 42.7 Å². The lowest BCUT2D eigenvalue weighted by Crippen LogP contribution is -2.39. The molecule has 1 aromatic rings. The molecule has 0 spiro atoms. The Hall–Kier alpha value is -3.01. The number of ether oxygens (including phenoxy) is 1. The van der Waals surface area contributed by atoms with Gasteiger partial charge in [0.05, 0.1) is 0 Å². The quantitative estimate of drug-likeness (QED) is 0.273. The Bertz CT molecular complexity index is 1340. The summed E-state index contributed by atoms with van der Waals surface area (Å²) < 4.78 is 6.64. The number of allylic oxidation sites excluding steroid dienone is 7. The van der Waals surface area contributed by atoms with Crippen molar-refractivity contribution in [3.63, 3.8) is 0 Å². The molecule has 9 nitrogen and oxygen atoms in total. The molecule has 0 radical (unpaired) electrons. The lowest BCUT2D eigenvalue weighted by molar-refractivity contribution is -0.117. The second-order valence-electron chi connectivity index (χ2n) is 11.4. The first-order valence-electron chi connectivity index (χ1n) is 13.7. The molecule has 4 aliphatic carbocycles. The van der Waals surface area contributed by atoms with Crippen LogP contribution in [0.3, 0.4) is 0 Å². The Kier molecular flexibility index (Phi) is 6.62. The van der Waals surface area contributed by atoms with Gasteiger partial charge in [-0.25, -0.2) is 4.79 Å². The molecule has 202 valence electrons. The number of hydrogen-bond acceptors (Lipinski definition) is 6. The highest BCUT2D eigenvalue weighted by atomic mass is 16.6. The highest BCUT2D eigenvalue weighted by Crippen LogP contribution is 2.69. The summed E-state index contributed by atoms with van der Waals surface area (Å²) in [7, 11) is 0. The van der Waals surface area contributed by atoms with Crippen LogP contribution in [-0.4, -0.2) is 50.5 Å². The highest BCUT2D eigenvalue weighted by Gasteiger charge is 2.61. The first-order valence-corrected chi connectivity index (χ1v) is 13.7. The van der Waals surface area contributed by atoms with Crippen LogP contribution < -0.4 is 16.6 Å². The highest BCUT2D eigenvalue weighted by molar-refractivity contribution is 5.88. The van der Waals surface area contributed by atoms with Crippen LogP contribution in [-0.2, 0) is 9.53 Å². The largest absolute Gasteiger partial charge is 0.387 e. The average molecular weight is 522 g/mol. The molecule has 6 rings (SSSR count). The van der Waals surface area contributed by atoms with Gasteiger partial charge in [-0.2, -0.15) is 0 Å². The SMILES string of the molecule is C/C=C/C=C/[C@@H]1C[C@@H]1[C@H]1C[C@H]1[C@H]1C[C@H]1C1=C(/C=C/C(=O)NC[C@H]2O[C@@H](n3ccc(=O)[nH]c3=O)[C@H](O)[C@@H]2O)C1. The molecular formula is C29H35N3O6. The van der Waals surface area contributed by atoms with Crippen molar-refractivity contribution in [2.75, 3.05) is 6.54 Å². The van der Waals surface area contributed by atoms with Gasteiger partial charge in [-0.05, 0) is 73.7 Å². The zero-order chi connectivity index (χ0) is 26.6. The average Bonchev–Trinajstić information content (AvgIpc) is 3.70. The van der Waals surface area contributed by atoms with Crippen molar-refractivity contribution in [2.45, 2.75) is 57.1 Å². The fourth-order valence-electron chi connectivity index (χ4n) is 6.46. The minimum absolute atomic E-state index is 0.0260. The maximum atomic E-state index is 12.4. The van der Waals surface area contributed by atoms with Gasteiger partial charge in [0.15, 0.2) is 6.23 Å². The Morgan fingerprint density at radius 3 is 2.74 bits per heavy atom. The topological polar surface area (TPSA) is 134 Å². The molecule has 1 aliphatic heterocycles. The van der Waals surface area contributed by atoms with E-state index >= 15 is 0 Å². The maximum Gasteiger partial charge on any atom is 0.330 e. The summed E-state index contributed by atoms with van der Waals surface area (Å²) in [6.45, 7) is 2.02. The molecule has 1 amide bonds. The molecule has 4 fully saturated rings. The molecule has 5 aliphatic rings. The van der Waals surface area contributed by atoms with Crippen molar-refractivity contribution in [3.05, 3.63) is 80.7 Å². The number of nitrogens with zero attached hydrogens (tertiary/aromatic N) is 1. The van der Waals surface area contributed by atoms with Gasteiger partial charge in [-0.3, -0.25) is 19.1 Å². The summed E-state index contributed by atoms with van der Waals surface area (Å²) in [6, 6.07) is 1.13. The van der Waals surface area contributed by atoms with Crippen molar-refractivity contribution < 1.29 is 19.7 Å². The Balaban J connectivity index is 0.945. The third kappa shape index (κ3) is 5.15. The molecule has 10 atom stereocenters. The molecule has 4 N–H and O–H groups in total. The van der Waals surface area contributed by atoms with E-state index in [0.717, 1.165) is 46.6 Å². The van der Waals surface area contributed by atoms with Gasteiger partial charge in [0, 0.05) is 24.9 Å². The summed E-state index contributed by atoms with van der Waals surface area (Å²) in [4.78, 5) is 37.7. The van der Waals surface area contributed by atoms with Crippen molar-refractivity contribution in [3.8, 4) is 0 Å². The van der Waals surface area contributed by atoms with E-state index in [9.17, 15) is 24.6 Å². The number of aliphatic hydroxyl groups is 2. The smallest absolute Gasteiger partial charge is 0.330 e. The standard InChI is InChI=1S/C29H35N3O6/c1-2-3-4-5-15-10-17(15)19-12-21(19)22-13-20(22)18-11-16(18)6-7-24(33)30-14-23-26(35)27(36)28(38-23)32-9-8-25(34)31-29(32)37/h2-9,15,17,19-23,26-28,35-36H,10-14H2,1H3,(H,30,33)(H,31,34,37)/b3-2+,5-4+,7-6+/t15-,17+,19-,20+,21-,22+,23-,26-,27-,28-/m1/s1. The Morgan fingerprint density at radius 2 is 1.95 bits per heavy atom. The number of H-pyrrole nitrogens is 1. The van der Waals surface area contributed by atoms with E-state index in [1.54, 1.807) is 0 Å². The summed E-state index contributed by atoms with van der Waals surface area (Å²) in [6.07, 6.45) is 13.6. The number of carbonyl (C=O) groups is 1. The maximum absolute atomic E-state index is 12.4. The molecular weight excluding hydrogens is 486 g/mol. The molecule has 2 heterocycles. The number of rotatable bonds is 10. The predicted octanol–water partition coefficient (Wildman–Crippen LogP) is 1.57. The lowest BCUT2D eigenvalue weighted by Gasteiger charge is -2.16. The van der Waals surface area contributed by atoms with E-state index in [0.29, 0.717) is 5.92 Å². The van der Waals surface area contributed by atoms with Gasteiger partial charge in [-0.1, -0.05) is 36.0 Å². The summed E-state index contributed by atoms with van der Waals surface area (Å²) in [5, 5.41) is 23.3. The van der Waals surface area contributed by atoms with Gasteiger partial charge in [-0.15, -0.1) is 0 Å². The zero-order valence-electron chi connectivity index (χ0n) is 21.4. The third-order valence-corrected chi connectivity index (χ3v) is 8.88. The molecule has 9 heteroatoms. The molecule has 0 bridgehead atoms. The van der Waals surface area contributed by atoms with Crippen LogP contribution in [0.4, 0.5) is 0 Å². The third-order valence-electron chi connectivity index (χ3n) is 8.88. The minimum Gasteiger partial charge on any atom is -0.387 e. The number of aliphatic hydroxyl groups excluding tert-OH is 2. The van der Waals surface area contributed by atoms with Gasteiger partial charge in [0.25, 0.3) is 5.56 Å². The van der Waals surface area contributed by atoms with Crippen LogP contribution >= 0.6 is 0 Å². The van der Waals surface area contributed by atoms with Crippen molar-refractivity contribution in [1.29, 1.82) is 0 Å². The predicted molar refractivity (Wildman–Crippen MR) is 140 cm³/mol. The fraction of sp³-hybridized carbons (Fsp3) is 0.552. The van der Waals surface area contributed by atoms with Gasteiger partial charge >= 0.3 is 5.69 Å². The van der Waals surface area contributed by atoms with Crippen LogP contribution in [0.5, 0.6) is 0 Å². The van der Waals surface area contributed by atoms with Crippen LogP contribution in [0.25, 0.3) is 0 Å². The molecule has 0 aromatic carbocycles. The molecule has 1 aromatic heterocycles. The number of hydrogen-bond donors (Lipinski definition) is 4. The second kappa shape index (κ2) is 9.94. The van der Waals surface area contributed by atoms with E-state index in [2.05, 4.69) is 34.6 Å². The molecule has 1 saturated heterocycles. The van der Waals surface area contributed by atoms with Crippen LogP contribution in [0.1, 0.15) is 38.8 Å². The second-order valence-corrected chi connectivity index (χ2v) is 11.4. The first-order chi connectivity index (χ1) is 18.4. The van der Waals surface area contributed by atoms with Gasteiger partial charge in [0.1, 0.15) is 18.3 Å². The van der Waals surface area contributed by atoms with Crippen molar-refractivity contribution >= 4 is 5.91 Å². The number of nitrogens with one attached hydrogen (secondary N) is 2. The summed E-state index contributed by atoms with van der Waals surface area (Å²) >= 11 is 0. The molecule has 38 heavy (non-hydrogen) atoms. The molecule has 0 unspecified atom stereocenters. The van der Waals surface area contributed by atoms with Crippen molar-refractivity contribution in [1.82, 2.24) is 14.9 Å². The van der Waals surface area contributed by atoms with Gasteiger partial charge < -0.3 is 20.3 Å². The van der Waals surface area contributed by atoms with Crippen molar-refractivity contribution in [2.24, 2.45) is 35.5 Å². The monoisotopic (exact) mass is 521 g/mol. The number of carbonyl (C=O) groups excluding carboxylic acids is 1.